The number of Topliss-reactive ketones (excluding diaryl/α,β-unsaturated/α-hetero) is 1. The fourth-order valence-electron chi connectivity index (χ4n) is 4.61. The minimum absolute atomic E-state index is 0.178. The van der Waals surface area contributed by atoms with Crippen LogP contribution in [-0.2, 0) is 15.4 Å². The normalized spacial score (nSPS) is 18.2. The summed E-state index contributed by atoms with van der Waals surface area (Å²) in [6.45, 7) is 7.49. The van der Waals surface area contributed by atoms with Crippen molar-refractivity contribution in [1.29, 1.82) is 0 Å². The van der Waals surface area contributed by atoms with Gasteiger partial charge in [-0.05, 0) is 67.1 Å². The molecule has 0 bridgehead atoms. The number of piperidine rings is 1. The fraction of sp³-hybridized carbons (Fsp3) is 0.440. The van der Waals surface area contributed by atoms with Crippen molar-refractivity contribution < 1.29 is 17.6 Å². The molecule has 182 valence electrons. The number of hydrogen-bond acceptors (Lipinski definition) is 6. The second-order valence-corrected chi connectivity index (χ2v) is 11.8. The average Bonchev–Trinajstić information content (AvgIpc) is 3.20. The molecule has 3 heterocycles. The molecule has 2 aromatic heterocycles. The van der Waals surface area contributed by atoms with Crippen LogP contribution in [0.5, 0.6) is 0 Å². The number of carbonyl (C=O) groups excluding carboxylic acids is 1. The lowest BCUT2D eigenvalue weighted by molar-refractivity contribution is 0.0910. The van der Waals surface area contributed by atoms with Crippen molar-refractivity contribution in [2.75, 3.05) is 19.3 Å². The Morgan fingerprint density at radius 3 is 2.65 bits per heavy atom. The molecule has 1 aromatic carbocycles. The summed E-state index contributed by atoms with van der Waals surface area (Å²) in [5.41, 5.74) is 2.31. The predicted molar refractivity (Wildman–Crippen MR) is 133 cm³/mol. The first-order chi connectivity index (χ1) is 16.0. The Morgan fingerprint density at radius 2 is 2.03 bits per heavy atom. The second-order valence-electron chi connectivity index (χ2n) is 10.1. The number of aromatic nitrogens is 1. The summed E-state index contributed by atoms with van der Waals surface area (Å²) in [6.07, 6.45) is 5.64. The first-order valence-corrected chi connectivity index (χ1v) is 13.3. The molecule has 3 N–H and O–H groups in total. The van der Waals surface area contributed by atoms with Gasteiger partial charge in [0.25, 0.3) is 5.56 Å². The SMILES string of the molecule is CC(C)(C)c1cc(-c2ccc[nH]c2=O)cc2c(C(=O)[C@@H](NS(C)(=O)=O)C3CCCNC3)coc12. The van der Waals surface area contributed by atoms with Gasteiger partial charge in [-0.15, -0.1) is 0 Å². The number of fused-ring (bicyclic) bond motifs is 1. The monoisotopic (exact) mass is 485 g/mol. The van der Waals surface area contributed by atoms with Crippen LogP contribution >= 0.6 is 0 Å². The van der Waals surface area contributed by atoms with Crippen molar-refractivity contribution in [1.82, 2.24) is 15.0 Å². The fourth-order valence-corrected chi connectivity index (χ4v) is 5.38. The minimum atomic E-state index is -3.62. The maximum Gasteiger partial charge on any atom is 0.255 e. The first kappa shape index (κ1) is 24.4. The maximum atomic E-state index is 13.8. The lowest BCUT2D eigenvalue weighted by Crippen LogP contribution is -2.50. The third-order valence-corrected chi connectivity index (χ3v) is 6.99. The summed E-state index contributed by atoms with van der Waals surface area (Å²) in [5.74, 6) is -0.514. The van der Waals surface area contributed by atoms with E-state index in [0.29, 0.717) is 34.2 Å². The van der Waals surface area contributed by atoms with E-state index in [1.165, 1.54) is 6.26 Å². The van der Waals surface area contributed by atoms with Gasteiger partial charge in [-0.1, -0.05) is 20.8 Å². The zero-order chi connectivity index (χ0) is 24.7. The smallest absolute Gasteiger partial charge is 0.255 e. The van der Waals surface area contributed by atoms with E-state index >= 15 is 0 Å². The minimum Gasteiger partial charge on any atom is -0.463 e. The molecule has 0 saturated carbocycles. The molecule has 34 heavy (non-hydrogen) atoms. The molecule has 9 heteroatoms. The van der Waals surface area contributed by atoms with Gasteiger partial charge < -0.3 is 14.7 Å². The van der Waals surface area contributed by atoms with E-state index in [9.17, 15) is 18.0 Å². The van der Waals surface area contributed by atoms with Crippen molar-refractivity contribution in [2.45, 2.75) is 45.1 Å². The van der Waals surface area contributed by atoms with E-state index in [-0.39, 0.29) is 22.7 Å². The Hall–Kier alpha value is -2.75. The molecule has 0 aliphatic carbocycles. The highest BCUT2D eigenvalue weighted by atomic mass is 32.2. The number of nitrogens with one attached hydrogen (secondary N) is 3. The third kappa shape index (κ3) is 5.01. The summed E-state index contributed by atoms with van der Waals surface area (Å²) in [4.78, 5) is 29.0. The zero-order valence-corrected chi connectivity index (χ0v) is 20.7. The molecule has 1 unspecified atom stereocenters. The highest BCUT2D eigenvalue weighted by molar-refractivity contribution is 7.88. The van der Waals surface area contributed by atoms with Crippen LogP contribution < -0.4 is 15.6 Å². The summed E-state index contributed by atoms with van der Waals surface area (Å²) in [5, 5.41) is 3.82. The van der Waals surface area contributed by atoms with Crippen molar-refractivity contribution >= 4 is 26.8 Å². The quantitative estimate of drug-likeness (QED) is 0.461. The van der Waals surface area contributed by atoms with Gasteiger partial charge in [0.15, 0.2) is 5.78 Å². The molecule has 1 saturated heterocycles. The van der Waals surface area contributed by atoms with Crippen LogP contribution in [0, 0.1) is 5.92 Å². The van der Waals surface area contributed by atoms with Gasteiger partial charge in [-0.3, -0.25) is 9.59 Å². The van der Waals surface area contributed by atoms with Crippen LogP contribution in [0.2, 0.25) is 0 Å². The Bertz CT molecular complexity index is 1380. The Labute approximate surface area is 199 Å². The number of aromatic amines is 1. The van der Waals surface area contributed by atoms with Crippen LogP contribution in [0.15, 0.2) is 45.9 Å². The van der Waals surface area contributed by atoms with Crippen molar-refractivity contribution in [3.05, 3.63) is 58.2 Å². The number of pyridine rings is 1. The molecule has 4 rings (SSSR count). The Morgan fingerprint density at radius 1 is 1.26 bits per heavy atom. The van der Waals surface area contributed by atoms with Gasteiger partial charge in [0.05, 0.1) is 17.9 Å². The van der Waals surface area contributed by atoms with Crippen LogP contribution in [0.3, 0.4) is 0 Å². The van der Waals surface area contributed by atoms with E-state index in [0.717, 1.165) is 31.2 Å². The largest absolute Gasteiger partial charge is 0.463 e. The lowest BCUT2D eigenvalue weighted by atomic mass is 9.83. The standard InChI is InChI=1S/C25H31N3O5S/c1-25(2,3)20-12-16(17-8-6-10-27-24(17)30)11-18-19(14-33-23(18)20)22(29)21(28-34(4,31)32)15-7-5-9-26-13-15/h6,8,10-12,14-15,21,26,28H,5,7,9,13H2,1-4H3,(H,27,30)/t15?,21-/m0/s1. The summed E-state index contributed by atoms with van der Waals surface area (Å²) in [7, 11) is -3.62. The van der Waals surface area contributed by atoms with Crippen molar-refractivity contribution in [3.8, 4) is 11.1 Å². The summed E-state index contributed by atoms with van der Waals surface area (Å²) < 4.78 is 32.8. The number of carbonyl (C=O) groups is 1. The van der Waals surface area contributed by atoms with Crippen molar-refractivity contribution in [3.63, 3.8) is 0 Å². The summed E-state index contributed by atoms with van der Waals surface area (Å²) in [6, 6.07) is 6.27. The number of rotatable bonds is 6. The Balaban J connectivity index is 1.89. The van der Waals surface area contributed by atoms with Gasteiger partial charge in [0, 0.05) is 22.7 Å². The first-order valence-electron chi connectivity index (χ1n) is 11.4. The van der Waals surface area contributed by atoms with Crippen LogP contribution in [0.1, 0.15) is 49.5 Å². The molecule has 8 nitrogen and oxygen atoms in total. The number of hydrogen-bond donors (Lipinski definition) is 3. The number of H-pyrrole nitrogens is 1. The maximum absolute atomic E-state index is 13.8. The Kier molecular flexibility index (Phi) is 6.54. The zero-order valence-electron chi connectivity index (χ0n) is 19.9. The van der Waals surface area contributed by atoms with Gasteiger partial charge in [-0.25, -0.2) is 13.1 Å². The molecule has 3 aromatic rings. The number of ketones is 1. The molecule has 0 spiro atoms. The van der Waals surface area contributed by atoms with Crippen LogP contribution in [0.4, 0.5) is 0 Å². The molecule has 0 radical (unpaired) electrons. The molecule has 0 amide bonds. The molecule has 2 atom stereocenters. The van der Waals surface area contributed by atoms with Gasteiger partial charge >= 0.3 is 0 Å². The molecule has 1 aliphatic rings. The second kappa shape index (κ2) is 9.13. The van der Waals surface area contributed by atoms with Crippen LogP contribution in [0.25, 0.3) is 22.1 Å². The lowest BCUT2D eigenvalue weighted by Gasteiger charge is -2.29. The highest BCUT2D eigenvalue weighted by Gasteiger charge is 2.35. The number of benzene rings is 1. The van der Waals surface area contributed by atoms with Gasteiger partial charge in [0.1, 0.15) is 11.8 Å². The number of sulfonamides is 1. The third-order valence-electron chi connectivity index (χ3n) is 6.31. The van der Waals surface area contributed by atoms with E-state index < -0.39 is 16.1 Å². The van der Waals surface area contributed by atoms with Crippen molar-refractivity contribution in [2.24, 2.45) is 5.92 Å². The molecule has 1 fully saturated rings. The topological polar surface area (TPSA) is 121 Å². The van der Waals surface area contributed by atoms with E-state index in [1.807, 2.05) is 26.8 Å². The molecular weight excluding hydrogens is 454 g/mol. The van der Waals surface area contributed by atoms with E-state index in [4.69, 9.17) is 4.42 Å². The number of furan rings is 1. The van der Waals surface area contributed by atoms with Gasteiger partial charge in [-0.2, -0.15) is 0 Å². The average molecular weight is 486 g/mol. The van der Waals surface area contributed by atoms with E-state index in [2.05, 4.69) is 15.0 Å². The molecule has 1 aliphatic heterocycles. The summed E-state index contributed by atoms with van der Waals surface area (Å²) >= 11 is 0. The van der Waals surface area contributed by atoms with Crippen LogP contribution in [-0.4, -0.2) is 44.6 Å². The molecular formula is C25H31N3O5S. The van der Waals surface area contributed by atoms with E-state index in [1.54, 1.807) is 24.4 Å². The highest BCUT2D eigenvalue weighted by Crippen LogP contribution is 2.37. The van der Waals surface area contributed by atoms with Gasteiger partial charge in [0.2, 0.25) is 10.0 Å². The predicted octanol–water partition coefficient (Wildman–Crippen LogP) is 3.19.